The fourth-order valence-electron chi connectivity index (χ4n) is 2.59. The Morgan fingerprint density at radius 2 is 2.05 bits per heavy atom. The monoisotopic (exact) mass is 263 g/mol. The van der Waals surface area contributed by atoms with E-state index in [4.69, 9.17) is 9.72 Å². The van der Waals surface area contributed by atoms with Crippen LogP contribution in [0.1, 0.15) is 63.4 Å². The molecule has 1 N–H and O–H groups in total. The molecule has 106 valence electrons. The normalized spacial score (nSPS) is 15.9. The van der Waals surface area contributed by atoms with Crippen LogP contribution in [-0.4, -0.2) is 23.1 Å². The quantitative estimate of drug-likeness (QED) is 0.765. The van der Waals surface area contributed by atoms with Gasteiger partial charge in [-0.1, -0.05) is 19.8 Å². The van der Waals surface area contributed by atoms with E-state index in [1.807, 2.05) is 0 Å². The Labute approximate surface area is 116 Å². The van der Waals surface area contributed by atoms with Crippen molar-refractivity contribution in [1.29, 1.82) is 0 Å². The standard InChI is InChI=1S/C15H25N3O/c1-3-9-19-11-15-17-13(12-7-5-6-8-12)10-14(18-15)16-4-2/h10,12H,3-9,11H2,1-2H3,(H,16,17,18). The summed E-state index contributed by atoms with van der Waals surface area (Å²) in [6, 6.07) is 2.11. The van der Waals surface area contributed by atoms with Gasteiger partial charge in [-0.25, -0.2) is 9.97 Å². The minimum atomic E-state index is 0.521. The number of hydrogen-bond donors (Lipinski definition) is 1. The number of ether oxygens (including phenoxy) is 1. The Balaban J connectivity index is 2.11. The van der Waals surface area contributed by atoms with Crippen LogP contribution in [0.5, 0.6) is 0 Å². The first kappa shape index (κ1) is 14.3. The van der Waals surface area contributed by atoms with E-state index < -0.39 is 0 Å². The van der Waals surface area contributed by atoms with Crippen molar-refractivity contribution in [3.63, 3.8) is 0 Å². The van der Waals surface area contributed by atoms with Gasteiger partial charge in [0.25, 0.3) is 0 Å². The molecule has 0 aliphatic heterocycles. The predicted octanol–water partition coefficient (Wildman–Crippen LogP) is 3.49. The van der Waals surface area contributed by atoms with E-state index in [-0.39, 0.29) is 0 Å². The molecule has 2 rings (SSSR count). The fourth-order valence-corrected chi connectivity index (χ4v) is 2.59. The van der Waals surface area contributed by atoms with E-state index in [1.165, 1.54) is 31.4 Å². The number of nitrogens with one attached hydrogen (secondary N) is 1. The lowest BCUT2D eigenvalue weighted by Gasteiger charge is -2.13. The number of aromatic nitrogens is 2. The van der Waals surface area contributed by atoms with Crippen molar-refractivity contribution in [2.75, 3.05) is 18.5 Å². The largest absolute Gasteiger partial charge is 0.373 e. The van der Waals surface area contributed by atoms with Crippen LogP contribution in [0.15, 0.2) is 6.07 Å². The molecule has 1 aliphatic carbocycles. The Morgan fingerprint density at radius 1 is 1.26 bits per heavy atom. The third kappa shape index (κ3) is 4.16. The molecule has 0 atom stereocenters. The summed E-state index contributed by atoms with van der Waals surface area (Å²) in [6.45, 7) is 6.38. The summed E-state index contributed by atoms with van der Waals surface area (Å²) in [4.78, 5) is 9.21. The molecule has 0 bridgehead atoms. The van der Waals surface area contributed by atoms with Crippen molar-refractivity contribution in [3.05, 3.63) is 17.6 Å². The van der Waals surface area contributed by atoms with Crippen LogP contribution >= 0.6 is 0 Å². The van der Waals surface area contributed by atoms with Gasteiger partial charge in [-0.05, 0) is 26.2 Å². The Morgan fingerprint density at radius 3 is 2.74 bits per heavy atom. The fraction of sp³-hybridized carbons (Fsp3) is 0.733. The Hall–Kier alpha value is -1.16. The zero-order valence-corrected chi connectivity index (χ0v) is 12.1. The Bertz CT molecular complexity index is 389. The molecule has 1 fully saturated rings. The molecule has 1 aromatic rings. The van der Waals surface area contributed by atoms with Gasteiger partial charge < -0.3 is 10.1 Å². The van der Waals surface area contributed by atoms with E-state index in [0.717, 1.165) is 31.2 Å². The van der Waals surface area contributed by atoms with Crippen molar-refractivity contribution in [3.8, 4) is 0 Å². The maximum absolute atomic E-state index is 5.57. The van der Waals surface area contributed by atoms with Crippen molar-refractivity contribution >= 4 is 5.82 Å². The van der Waals surface area contributed by atoms with Crippen LogP contribution in [0.4, 0.5) is 5.82 Å². The van der Waals surface area contributed by atoms with Crippen molar-refractivity contribution in [1.82, 2.24) is 9.97 Å². The molecular weight excluding hydrogens is 238 g/mol. The van der Waals surface area contributed by atoms with Crippen LogP contribution in [0, 0.1) is 0 Å². The van der Waals surface area contributed by atoms with Gasteiger partial charge in [0.1, 0.15) is 12.4 Å². The highest BCUT2D eigenvalue weighted by Crippen LogP contribution is 2.33. The van der Waals surface area contributed by atoms with Crippen LogP contribution in [0.3, 0.4) is 0 Å². The highest BCUT2D eigenvalue weighted by molar-refractivity contribution is 5.37. The van der Waals surface area contributed by atoms with Gasteiger partial charge in [0.2, 0.25) is 0 Å². The van der Waals surface area contributed by atoms with Gasteiger partial charge in [0.15, 0.2) is 5.82 Å². The molecule has 19 heavy (non-hydrogen) atoms. The molecule has 0 aromatic carbocycles. The van der Waals surface area contributed by atoms with E-state index in [0.29, 0.717) is 12.5 Å². The SMILES string of the molecule is CCCOCc1nc(NCC)cc(C2CCCC2)n1. The minimum absolute atomic E-state index is 0.521. The molecule has 0 spiro atoms. The summed E-state index contributed by atoms with van der Waals surface area (Å²) < 4.78 is 5.57. The molecule has 1 saturated carbocycles. The highest BCUT2D eigenvalue weighted by Gasteiger charge is 2.19. The molecule has 1 heterocycles. The first-order valence-electron chi connectivity index (χ1n) is 7.53. The number of anilines is 1. The van der Waals surface area contributed by atoms with Crippen molar-refractivity contribution < 1.29 is 4.74 Å². The highest BCUT2D eigenvalue weighted by atomic mass is 16.5. The van der Waals surface area contributed by atoms with Crippen LogP contribution in [0.25, 0.3) is 0 Å². The van der Waals surface area contributed by atoms with Gasteiger partial charge >= 0.3 is 0 Å². The van der Waals surface area contributed by atoms with Crippen LogP contribution < -0.4 is 5.32 Å². The predicted molar refractivity (Wildman–Crippen MR) is 77.4 cm³/mol. The second kappa shape index (κ2) is 7.43. The van der Waals surface area contributed by atoms with Gasteiger partial charge in [0.05, 0.1) is 0 Å². The smallest absolute Gasteiger partial charge is 0.156 e. The van der Waals surface area contributed by atoms with Crippen LogP contribution in [0.2, 0.25) is 0 Å². The summed E-state index contributed by atoms with van der Waals surface area (Å²) in [6.07, 6.45) is 6.21. The number of hydrogen-bond acceptors (Lipinski definition) is 4. The van der Waals surface area contributed by atoms with Crippen molar-refractivity contribution in [2.24, 2.45) is 0 Å². The van der Waals surface area contributed by atoms with Crippen LogP contribution in [-0.2, 0) is 11.3 Å². The second-order valence-electron chi connectivity index (χ2n) is 5.16. The summed E-state index contributed by atoms with van der Waals surface area (Å²) in [5.41, 5.74) is 1.19. The first-order valence-corrected chi connectivity index (χ1v) is 7.53. The van der Waals surface area contributed by atoms with Gasteiger partial charge in [-0.3, -0.25) is 0 Å². The molecule has 0 radical (unpaired) electrons. The lowest BCUT2D eigenvalue weighted by atomic mass is 10.0. The molecule has 4 nitrogen and oxygen atoms in total. The van der Waals surface area contributed by atoms with E-state index in [2.05, 4.69) is 30.2 Å². The molecule has 1 aliphatic rings. The van der Waals surface area contributed by atoms with Gasteiger partial charge in [0, 0.05) is 30.8 Å². The second-order valence-corrected chi connectivity index (χ2v) is 5.16. The Kier molecular flexibility index (Phi) is 5.58. The summed E-state index contributed by atoms with van der Waals surface area (Å²) >= 11 is 0. The van der Waals surface area contributed by atoms with E-state index >= 15 is 0 Å². The zero-order chi connectivity index (χ0) is 13.5. The molecule has 1 aromatic heterocycles. The lowest BCUT2D eigenvalue weighted by molar-refractivity contribution is 0.116. The summed E-state index contributed by atoms with van der Waals surface area (Å²) in [5, 5.41) is 3.30. The van der Waals surface area contributed by atoms with Gasteiger partial charge in [-0.15, -0.1) is 0 Å². The topological polar surface area (TPSA) is 47.0 Å². The maximum Gasteiger partial charge on any atom is 0.156 e. The maximum atomic E-state index is 5.57. The summed E-state index contributed by atoms with van der Waals surface area (Å²) in [7, 11) is 0. The summed E-state index contributed by atoms with van der Waals surface area (Å²) in [5.74, 6) is 2.37. The molecular formula is C15H25N3O. The minimum Gasteiger partial charge on any atom is -0.373 e. The average molecular weight is 263 g/mol. The van der Waals surface area contributed by atoms with Gasteiger partial charge in [-0.2, -0.15) is 0 Å². The van der Waals surface area contributed by atoms with Crippen molar-refractivity contribution in [2.45, 2.75) is 58.5 Å². The number of nitrogens with zero attached hydrogens (tertiary/aromatic N) is 2. The molecule has 0 saturated heterocycles. The molecule has 4 heteroatoms. The first-order chi connectivity index (χ1) is 9.33. The molecule has 0 unspecified atom stereocenters. The zero-order valence-electron chi connectivity index (χ0n) is 12.1. The van der Waals surface area contributed by atoms with E-state index in [1.54, 1.807) is 0 Å². The number of rotatable bonds is 7. The molecule has 0 amide bonds. The third-order valence-corrected chi connectivity index (χ3v) is 3.50. The average Bonchev–Trinajstić information content (AvgIpc) is 2.93. The third-order valence-electron chi connectivity index (χ3n) is 3.50. The lowest BCUT2D eigenvalue weighted by Crippen LogP contribution is -2.09. The van der Waals surface area contributed by atoms with E-state index in [9.17, 15) is 0 Å².